The summed E-state index contributed by atoms with van der Waals surface area (Å²) in [6.07, 6.45) is 1.83. The van der Waals surface area contributed by atoms with Gasteiger partial charge in [0.05, 0.1) is 30.8 Å². The molecule has 1 heterocycles. The van der Waals surface area contributed by atoms with Crippen LogP contribution in [0, 0.1) is 0 Å². The number of hydrogen-bond donors (Lipinski definition) is 2. The molecule has 3 rings (SSSR count). The highest BCUT2D eigenvalue weighted by atomic mass is 16.5. The number of aromatic nitrogens is 1. The Hall–Kier alpha value is -3.41. The largest absolute Gasteiger partial charge is 0.497 e. The molecule has 3 aromatic rings. The van der Waals surface area contributed by atoms with Crippen molar-refractivity contribution in [1.29, 1.82) is 0 Å². The van der Waals surface area contributed by atoms with Gasteiger partial charge in [-0.2, -0.15) is 0 Å². The number of rotatable bonds is 6. The minimum atomic E-state index is -0.429. The van der Waals surface area contributed by atoms with Gasteiger partial charge in [-0.25, -0.2) is 0 Å². The predicted octanol–water partition coefficient (Wildman–Crippen LogP) is 3.45. The first-order valence-corrected chi connectivity index (χ1v) is 8.61. The second kappa shape index (κ2) is 8.31. The molecule has 0 saturated heterocycles. The van der Waals surface area contributed by atoms with Crippen LogP contribution in [0.2, 0.25) is 0 Å². The number of carbonyl (C=O) groups is 2. The maximum Gasteiger partial charge on any atom is 0.226 e. The van der Waals surface area contributed by atoms with Crippen LogP contribution in [0.5, 0.6) is 5.75 Å². The highest BCUT2D eigenvalue weighted by molar-refractivity contribution is 6.01. The second-order valence-corrected chi connectivity index (χ2v) is 6.15. The number of fused-ring (bicyclic) bond motifs is 1. The molecular formula is C21H21N3O3. The molecule has 138 valence electrons. The number of methoxy groups -OCH3 is 1. The fraction of sp³-hybridized carbons (Fsp3) is 0.190. The molecule has 1 atom stereocenters. The van der Waals surface area contributed by atoms with Gasteiger partial charge >= 0.3 is 0 Å². The van der Waals surface area contributed by atoms with Gasteiger partial charge in [-0.3, -0.25) is 14.6 Å². The van der Waals surface area contributed by atoms with Crippen molar-refractivity contribution in [1.82, 2.24) is 10.3 Å². The summed E-state index contributed by atoms with van der Waals surface area (Å²) in [5.74, 6) is 0.326. The third kappa shape index (κ3) is 4.61. The van der Waals surface area contributed by atoms with Gasteiger partial charge in [0.1, 0.15) is 5.75 Å². The van der Waals surface area contributed by atoms with E-state index < -0.39 is 6.04 Å². The molecule has 2 aromatic carbocycles. The number of benzene rings is 2. The Bertz CT molecular complexity index is 949. The highest BCUT2D eigenvalue weighted by Gasteiger charge is 2.18. The number of hydrogen-bond acceptors (Lipinski definition) is 4. The first-order chi connectivity index (χ1) is 13.1. The van der Waals surface area contributed by atoms with E-state index in [2.05, 4.69) is 15.6 Å². The van der Waals surface area contributed by atoms with Crippen molar-refractivity contribution in [3.63, 3.8) is 0 Å². The summed E-state index contributed by atoms with van der Waals surface area (Å²) in [4.78, 5) is 28.5. The Balaban J connectivity index is 1.78. The summed E-state index contributed by atoms with van der Waals surface area (Å²) in [7, 11) is 1.59. The summed E-state index contributed by atoms with van der Waals surface area (Å²) >= 11 is 0. The van der Waals surface area contributed by atoms with Gasteiger partial charge in [-0.1, -0.05) is 18.2 Å². The summed E-state index contributed by atoms with van der Waals surface area (Å²) in [6.45, 7) is 1.44. The molecule has 6 heteroatoms. The van der Waals surface area contributed by atoms with E-state index in [9.17, 15) is 9.59 Å². The van der Waals surface area contributed by atoms with Crippen molar-refractivity contribution < 1.29 is 14.3 Å². The van der Waals surface area contributed by atoms with Gasteiger partial charge in [-0.15, -0.1) is 0 Å². The lowest BCUT2D eigenvalue weighted by Crippen LogP contribution is -2.29. The molecule has 0 spiro atoms. The van der Waals surface area contributed by atoms with Gasteiger partial charge in [0.2, 0.25) is 11.8 Å². The molecule has 0 bridgehead atoms. The second-order valence-electron chi connectivity index (χ2n) is 6.15. The lowest BCUT2D eigenvalue weighted by molar-refractivity contribution is -0.120. The van der Waals surface area contributed by atoms with Gasteiger partial charge in [0, 0.05) is 18.5 Å². The number of pyridine rings is 1. The van der Waals surface area contributed by atoms with Gasteiger partial charge in [0.25, 0.3) is 0 Å². The lowest BCUT2D eigenvalue weighted by Gasteiger charge is -2.19. The van der Waals surface area contributed by atoms with Crippen molar-refractivity contribution >= 4 is 28.4 Å². The van der Waals surface area contributed by atoms with E-state index in [1.807, 2.05) is 42.5 Å². The third-order valence-electron chi connectivity index (χ3n) is 4.20. The van der Waals surface area contributed by atoms with Crippen LogP contribution in [-0.2, 0) is 9.59 Å². The number of amides is 2. The highest BCUT2D eigenvalue weighted by Crippen LogP contribution is 2.24. The Kier molecular flexibility index (Phi) is 5.66. The standard InChI is InChI=1S/C21H21N3O3/c1-14(25)23-20(15-8-10-16(27-2)11-9-15)13-21(26)24-19-7-3-6-18-17(19)5-4-12-22-18/h3-12,20H,13H2,1-2H3,(H,23,25)(H,24,26). The summed E-state index contributed by atoms with van der Waals surface area (Å²) in [5, 5.41) is 6.63. The summed E-state index contributed by atoms with van der Waals surface area (Å²) in [5.41, 5.74) is 2.34. The molecule has 0 saturated carbocycles. The number of nitrogens with zero attached hydrogens (tertiary/aromatic N) is 1. The van der Waals surface area contributed by atoms with Crippen LogP contribution in [0.1, 0.15) is 24.9 Å². The van der Waals surface area contributed by atoms with E-state index in [-0.39, 0.29) is 18.2 Å². The minimum Gasteiger partial charge on any atom is -0.497 e. The molecule has 0 aliphatic heterocycles. The Morgan fingerprint density at radius 2 is 1.85 bits per heavy atom. The van der Waals surface area contributed by atoms with Crippen LogP contribution < -0.4 is 15.4 Å². The zero-order valence-corrected chi connectivity index (χ0v) is 15.2. The quantitative estimate of drug-likeness (QED) is 0.703. The fourth-order valence-electron chi connectivity index (χ4n) is 2.93. The maximum absolute atomic E-state index is 12.6. The first-order valence-electron chi connectivity index (χ1n) is 8.61. The number of ether oxygens (including phenoxy) is 1. The van der Waals surface area contributed by atoms with Gasteiger partial charge < -0.3 is 15.4 Å². The zero-order chi connectivity index (χ0) is 19.2. The third-order valence-corrected chi connectivity index (χ3v) is 4.20. The van der Waals surface area contributed by atoms with Gasteiger partial charge in [-0.05, 0) is 42.0 Å². The van der Waals surface area contributed by atoms with Crippen LogP contribution in [0.25, 0.3) is 10.9 Å². The fourth-order valence-corrected chi connectivity index (χ4v) is 2.93. The molecule has 0 aliphatic carbocycles. The normalized spacial score (nSPS) is 11.6. The van der Waals surface area contributed by atoms with Crippen LogP contribution in [0.15, 0.2) is 60.8 Å². The van der Waals surface area contributed by atoms with Crippen LogP contribution in [0.3, 0.4) is 0 Å². The predicted molar refractivity (Wildman–Crippen MR) is 105 cm³/mol. The Labute approximate surface area is 157 Å². The van der Waals surface area contributed by atoms with Crippen molar-refractivity contribution in [3.05, 3.63) is 66.4 Å². The summed E-state index contributed by atoms with van der Waals surface area (Å²) in [6, 6.07) is 16.2. The van der Waals surface area contributed by atoms with E-state index in [0.717, 1.165) is 16.5 Å². The minimum absolute atomic E-state index is 0.114. The molecule has 27 heavy (non-hydrogen) atoms. The van der Waals surface area contributed by atoms with Crippen molar-refractivity contribution in [2.24, 2.45) is 0 Å². The molecule has 0 fully saturated rings. The molecule has 0 aliphatic rings. The van der Waals surface area contributed by atoms with E-state index in [4.69, 9.17) is 4.74 Å². The topological polar surface area (TPSA) is 80.3 Å². The smallest absolute Gasteiger partial charge is 0.226 e. The van der Waals surface area contributed by atoms with E-state index in [0.29, 0.717) is 11.4 Å². The van der Waals surface area contributed by atoms with Crippen LogP contribution >= 0.6 is 0 Å². The van der Waals surface area contributed by atoms with E-state index in [1.165, 1.54) is 6.92 Å². The summed E-state index contributed by atoms with van der Waals surface area (Å²) < 4.78 is 5.16. The molecule has 0 radical (unpaired) electrons. The molecule has 6 nitrogen and oxygen atoms in total. The molecule has 2 amide bonds. The first kappa shape index (κ1) is 18.4. The van der Waals surface area contributed by atoms with E-state index in [1.54, 1.807) is 25.4 Å². The maximum atomic E-state index is 12.6. The molecule has 1 unspecified atom stereocenters. The lowest BCUT2D eigenvalue weighted by atomic mass is 10.0. The molecule has 2 N–H and O–H groups in total. The molecule has 1 aromatic heterocycles. The van der Waals surface area contributed by atoms with Crippen molar-refractivity contribution in [2.75, 3.05) is 12.4 Å². The number of anilines is 1. The van der Waals surface area contributed by atoms with Crippen molar-refractivity contribution in [3.8, 4) is 5.75 Å². The zero-order valence-electron chi connectivity index (χ0n) is 15.2. The molecular weight excluding hydrogens is 342 g/mol. The SMILES string of the molecule is COc1ccc(C(CC(=O)Nc2cccc3ncccc23)NC(C)=O)cc1. The number of nitrogens with one attached hydrogen (secondary N) is 2. The Morgan fingerprint density at radius 3 is 2.56 bits per heavy atom. The van der Waals surface area contributed by atoms with E-state index >= 15 is 0 Å². The van der Waals surface area contributed by atoms with Crippen LogP contribution in [-0.4, -0.2) is 23.9 Å². The Morgan fingerprint density at radius 1 is 1.07 bits per heavy atom. The van der Waals surface area contributed by atoms with Gasteiger partial charge in [0.15, 0.2) is 0 Å². The average Bonchev–Trinajstić information content (AvgIpc) is 2.67. The monoisotopic (exact) mass is 363 g/mol. The van der Waals surface area contributed by atoms with Crippen LogP contribution in [0.4, 0.5) is 5.69 Å². The average molecular weight is 363 g/mol. The van der Waals surface area contributed by atoms with Crippen molar-refractivity contribution in [2.45, 2.75) is 19.4 Å². The number of carbonyl (C=O) groups excluding carboxylic acids is 2.